The minimum Gasteiger partial charge on any atom is -0.384 e. The Kier molecular flexibility index (Phi) is 5.08. The molecule has 2 rings (SSSR count). The molecule has 0 spiro atoms. The first kappa shape index (κ1) is 14.8. The summed E-state index contributed by atoms with van der Waals surface area (Å²) in [7, 11) is 0. The summed E-state index contributed by atoms with van der Waals surface area (Å²) in [5.74, 6) is 5.13. The first-order valence-corrected chi connectivity index (χ1v) is 6.60. The molecule has 1 aromatic carbocycles. The molecule has 0 saturated carbocycles. The third kappa shape index (κ3) is 3.91. The fourth-order valence-electron chi connectivity index (χ4n) is 1.89. The van der Waals surface area contributed by atoms with E-state index in [4.69, 9.17) is 5.11 Å². The van der Waals surface area contributed by atoms with Gasteiger partial charge in [0.25, 0.3) is 5.91 Å². The van der Waals surface area contributed by atoms with Crippen LogP contribution in [-0.4, -0.2) is 22.6 Å². The lowest BCUT2D eigenvalue weighted by molar-refractivity contribution is 0.0950. The molecule has 1 aromatic heterocycles. The first-order chi connectivity index (χ1) is 10.2. The average molecular weight is 280 g/mol. The summed E-state index contributed by atoms with van der Waals surface area (Å²) < 4.78 is 0. The summed E-state index contributed by atoms with van der Waals surface area (Å²) in [4.78, 5) is 16.5. The summed E-state index contributed by atoms with van der Waals surface area (Å²) in [5.41, 5.74) is 2.96. The second-order valence-electron chi connectivity index (χ2n) is 4.46. The van der Waals surface area contributed by atoms with Gasteiger partial charge in [0.15, 0.2) is 0 Å². The molecule has 21 heavy (non-hydrogen) atoms. The van der Waals surface area contributed by atoms with Crippen LogP contribution in [0, 0.1) is 18.8 Å². The van der Waals surface area contributed by atoms with Crippen molar-refractivity contribution >= 4 is 5.91 Å². The molecule has 0 bridgehead atoms. The third-order valence-electron chi connectivity index (χ3n) is 3.01. The van der Waals surface area contributed by atoms with Gasteiger partial charge in [0, 0.05) is 11.8 Å². The number of rotatable bonds is 3. The molecule has 0 aliphatic rings. The van der Waals surface area contributed by atoms with E-state index in [1.165, 1.54) is 0 Å². The molecule has 2 N–H and O–H groups in total. The van der Waals surface area contributed by atoms with E-state index in [0.29, 0.717) is 17.7 Å². The van der Waals surface area contributed by atoms with E-state index in [9.17, 15) is 4.79 Å². The Morgan fingerprint density at radius 1 is 1.29 bits per heavy atom. The molecule has 0 saturated heterocycles. The Morgan fingerprint density at radius 2 is 2.10 bits per heavy atom. The van der Waals surface area contributed by atoms with Crippen molar-refractivity contribution in [1.29, 1.82) is 0 Å². The van der Waals surface area contributed by atoms with Gasteiger partial charge in [0.1, 0.15) is 6.61 Å². The van der Waals surface area contributed by atoms with E-state index in [-0.39, 0.29) is 12.5 Å². The van der Waals surface area contributed by atoms with Gasteiger partial charge in [0.2, 0.25) is 0 Å². The number of carbonyl (C=O) groups is 1. The number of benzene rings is 1. The maximum Gasteiger partial charge on any atom is 0.252 e. The van der Waals surface area contributed by atoms with Crippen LogP contribution in [0.2, 0.25) is 0 Å². The van der Waals surface area contributed by atoms with Crippen molar-refractivity contribution < 1.29 is 9.90 Å². The number of carbonyl (C=O) groups excluding carboxylic acids is 1. The molecule has 4 heteroatoms. The SMILES string of the molecule is Cc1cccnc1CNC(=O)c1ccccc1C#CCO. The number of nitrogens with zero attached hydrogens (tertiary/aromatic N) is 1. The summed E-state index contributed by atoms with van der Waals surface area (Å²) in [6, 6.07) is 10.9. The van der Waals surface area contributed by atoms with Crippen molar-refractivity contribution in [2.24, 2.45) is 0 Å². The largest absolute Gasteiger partial charge is 0.384 e. The Morgan fingerprint density at radius 3 is 2.86 bits per heavy atom. The highest BCUT2D eigenvalue weighted by Gasteiger charge is 2.10. The second kappa shape index (κ2) is 7.22. The van der Waals surface area contributed by atoms with E-state index in [1.807, 2.05) is 19.1 Å². The quantitative estimate of drug-likeness (QED) is 0.841. The van der Waals surface area contributed by atoms with Crippen molar-refractivity contribution in [1.82, 2.24) is 10.3 Å². The number of pyridine rings is 1. The van der Waals surface area contributed by atoms with Crippen LogP contribution >= 0.6 is 0 Å². The minimum absolute atomic E-state index is 0.206. The van der Waals surface area contributed by atoms with Gasteiger partial charge in [-0.1, -0.05) is 30.0 Å². The lowest BCUT2D eigenvalue weighted by Crippen LogP contribution is -2.24. The molecule has 106 valence electrons. The smallest absolute Gasteiger partial charge is 0.252 e. The predicted molar refractivity (Wildman–Crippen MR) is 80.6 cm³/mol. The number of amides is 1. The van der Waals surface area contributed by atoms with E-state index in [2.05, 4.69) is 22.1 Å². The fraction of sp³-hybridized carbons (Fsp3) is 0.176. The highest BCUT2D eigenvalue weighted by molar-refractivity contribution is 5.96. The number of aliphatic hydroxyl groups excluding tert-OH is 1. The first-order valence-electron chi connectivity index (χ1n) is 6.60. The average Bonchev–Trinajstić information content (AvgIpc) is 2.52. The van der Waals surface area contributed by atoms with E-state index < -0.39 is 0 Å². The zero-order valence-electron chi connectivity index (χ0n) is 11.8. The van der Waals surface area contributed by atoms with Crippen LogP contribution < -0.4 is 5.32 Å². The molecule has 0 radical (unpaired) electrons. The second-order valence-corrected chi connectivity index (χ2v) is 4.46. The van der Waals surface area contributed by atoms with Crippen LogP contribution in [0.3, 0.4) is 0 Å². The summed E-state index contributed by atoms with van der Waals surface area (Å²) in [5, 5.41) is 11.6. The van der Waals surface area contributed by atoms with Gasteiger partial charge in [-0.25, -0.2) is 0 Å². The number of aliphatic hydroxyl groups is 1. The summed E-state index contributed by atoms with van der Waals surface area (Å²) in [6.45, 7) is 2.09. The fourth-order valence-corrected chi connectivity index (χ4v) is 1.89. The normalized spacial score (nSPS) is 9.62. The molecular weight excluding hydrogens is 264 g/mol. The van der Waals surface area contributed by atoms with Crippen LogP contribution in [0.1, 0.15) is 27.2 Å². The number of hydrogen-bond acceptors (Lipinski definition) is 3. The molecule has 1 amide bonds. The Hall–Kier alpha value is -2.64. The monoisotopic (exact) mass is 280 g/mol. The van der Waals surface area contributed by atoms with Crippen molar-refractivity contribution in [3.05, 3.63) is 65.0 Å². The van der Waals surface area contributed by atoms with Gasteiger partial charge < -0.3 is 10.4 Å². The Labute approximate surface area is 123 Å². The molecule has 0 atom stereocenters. The van der Waals surface area contributed by atoms with Gasteiger partial charge >= 0.3 is 0 Å². The lowest BCUT2D eigenvalue weighted by Gasteiger charge is -2.08. The van der Waals surface area contributed by atoms with Crippen LogP contribution in [-0.2, 0) is 6.54 Å². The number of aromatic nitrogens is 1. The van der Waals surface area contributed by atoms with Crippen molar-refractivity contribution in [3.63, 3.8) is 0 Å². The van der Waals surface area contributed by atoms with E-state index >= 15 is 0 Å². The Bertz CT molecular complexity index is 699. The van der Waals surface area contributed by atoms with Crippen LogP contribution in [0.15, 0.2) is 42.6 Å². The molecule has 2 aromatic rings. The number of aryl methyl sites for hydroxylation is 1. The number of hydrogen-bond donors (Lipinski definition) is 2. The molecule has 1 heterocycles. The highest BCUT2D eigenvalue weighted by Crippen LogP contribution is 2.08. The number of nitrogens with one attached hydrogen (secondary N) is 1. The minimum atomic E-state index is -0.233. The molecular formula is C17H16N2O2. The van der Waals surface area contributed by atoms with Crippen molar-refractivity contribution in [2.45, 2.75) is 13.5 Å². The molecule has 4 nitrogen and oxygen atoms in total. The molecule has 0 aliphatic carbocycles. The third-order valence-corrected chi connectivity index (χ3v) is 3.01. The lowest BCUT2D eigenvalue weighted by atomic mass is 10.1. The standard InChI is InChI=1S/C17H16N2O2/c1-13-6-4-10-18-16(13)12-19-17(21)15-9-3-2-7-14(15)8-5-11-20/h2-4,6-7,9-10,20H,11-12H2,1H3,(H,19,21). The van der Waals surface area contributed by atoms with Crippen LogP contribution in [0.25, 0.3) is 0 Å². The van der Waals surface area contributed by atoms with Gasteiger partial charge in [0.05, 0.1) is 17.8 Å². The van der Waals surface area contributed by atoms with Gasteiger partial charge in [-0.05, 0) is 30.7 Å². The maximum atomic E-state index is 12.2. The molecule has 0 unspecified atom stereocenters. The van der Waals surface area contributed by atoms with Crippen molar-refractivity contribution in [2.75, 3.05) is 6.61 Å². The Balaban J connectivity index is 2.12. The van der Waals surface area contributed by atoms with Gasteiger partial charge in [-0.3, -0.25) is 9.78 Å². The van der Waals surface area contributed by atoms with Crippen molar-refractivity contribution in [3.8, 4) is 11.8 Å². The highest BCUT2D eigenvalue weighted by atomic mass is 16.2. The van der Waals surface area contributed by atoms with Gasteiger partial charge in [-0.15, -0.1) is 0 Å². The summed E-state index contributed by atoms with van der Waals surface area (Å²) >= 11 is 0. The predicted octanol–water partition coefficient (Wildman–Crippen LogP) is 1.66. The molecule has 0 aliphatic heterocycles. The zero-order valence-corrected chi connectivity index (χ0v) is 11.8. The van der Waals surface area contributed by atoms with E-state index in [0.717, 1.165) is 11.3 Å². The van der Waals surface area contributed by atoms with Crippen LogP contribution in [0.5, 0.6) is 0 Å². The molecule has 0 fully saturated rings. The van der Waals surface area contributed by atoms with E-state index in [1.54, 1.807) is 30.5 Å². The van der Waals surface area contributed by atoms with Gasteiger partial charge in [-0.2, -0.15) is 0 Å². The van der Waals surface area contributed by atoms with Crippen LogP contribution in [0.4, 0.5) is 0 Å². The summed E-state index contributed by atoms with van der Waals surface area (Å²) in [6.07, 6.45) is 1.70. The zero-order chi connectivity index (χ0) is 15.1. The maximum absolute atomic E-state index is 12.2. The topological polar surface area (TPSA) is 62.2 Å².